The molecule has 152 valence electrons. The van der Waals surface area contributed by atoms with Crippen LogP contribution < -0.4 is 10.9 Å². The van der Waals surface area contributed by atoms with Crippen LogP contribution in [0.3, 0.4) is 0 Å². The molecule has 2 aromatic carbocycles. The van der Waals surface area contributed by atoms with Gasteiger partial charge in [0.1, 0.15) is 4.83 Å². The Bertz CT molecular complexity index is 1480. The number of aromatic nitrogens is 3. The number of amides is 1. The molecule has 3 heterocycles. The molecule has 0 bridgehead atoms. The number of nitrogens with one attached hydrogen (secondary N) is 1. The number of pyridine rings is 1. The molecule has 0 saturated heterocycles. The topological polar surface area (TPSA) is 76.9 Å². The highest BCUT2D eigenvalue weighted by Crippen LogP contribution is 2.29. The zero-order chi connectivity index (χ0) is 21.4. The molecule has 0 atom stereocenters. The molecular weight excluding hydrogens is 408 g/mol. The third kappa shape index (κ3) is 3.49. The number of aryl methyl sites for hydroxylation is 1. The maximum atomic E-state index is 13.1. The van der Waals surface area contributed by atoms with Crippen molar-refractivity contribution >= 4 is 44.1 Å². The molecule has 0 fully saturated rings. The van der Waals surface area contributed by atoms with Gasteiger partial charge < -0.3 is 5.32 Å². The van der Waals surface area contributed by atoms with Gasteiger partial charge in [-0.2, -0.15) is 0 Å². The molecule has 0 aliphatic rings. The van der Waals surface area contributed by atoms with Crippen molar-refractivity contribution in [2.75, 3.05) is 5.32 Å². The molecule has 0 aliphatic carbocycles. The summed E-state index contributed by atoms with van der Waals surface area (Å²) in [6.07, 6.45) is 3.24. The Hall–Kier alpha value is -3.84. The van der Waals surface area contributed by atoms with Crippen LogP contribution in [-0.4, -0.2) is 20.4 Å². The van der Waals surface area contributed by atoms with Gasteiger partial charge in [-0.05, 0) is 30.2 Å². The molecule has 1 N–H and O–H groups in total. The highest BCUT2D eigenvalue weighted by molar-refractivity contribution is 7.20. The van der Waals surface area contributed by atoms with Crippen molar-refractivity contribution in [1.82, 2.24) is 14.5 Å². The van der Waals surface area contributed by atoms with Gasteiger partial charge in [0, 0.05) is 11.6 Å². The first-order chi connectivity index (χ1) is 15.1. The standard InChI is InChI=1S/C24H18N4O2S/c1-15-19-23(26-14-28(24(19)30)13-16-7-3-2-4-8-16)31-21(15)22(29)27-18-11-5-9-17-10-6-12-25-20(17)18/h2-12,14H,13H2,1H3,(H,27,29). The second-order valence-corrected chi connectivity index (χ2v) is 8.23. The first-order valence-electron chi connectivity index (χ1n) is 9.79. The molecule has 0 saturated carbocycles. The molecule has 31 heavy (non-hydrogen) atoms. The van der Waals surface area contributed by atoms with E-state index in [1.807, 2.05) is 60.7 Å². The number of fused-ring (bicyclic) bond motifs is 2. The van der Waals surface area contributed by atoms with E-state index in [9.17, 15) is 9.59 Å². The molecule has 5 rings (SSSR count). The largest absolute Gasteiger partial charge is 0.319 e. The van der Waals surface area contributed by atoms with E-state index in [-0.39, 0.29) is 11.5 Å². The van der Waals surface area contributed by atoms with Gasteiger partial charge in [0.2, 0.25) is 0 Å². The number of hydrogen-bond acceptors (Lipinski definition) is 5. The van der Waals surface area contributed by atoms with Crippen LogP contribution >= 0.6 is 11.3 Å². The summed E-state index contributed by atoms with van der Waals surface area (Å²) >= 11 is 1.23. The lowest BCUT2D eigenvalue weighted by Crippen LogP contribution is -2.21. The molecule has 1 amide bonds. The number of nitrogens with zero attached hydrogens (tertiary/aromatic N) is 3. The maximum absolute atomic E-state index is 13.1. The number of hydrogen-bond donors (Lipinski definition) is 1. The fraction of sp³-hybridized carbons (Fsp3) is 0.0833. The average Bonchev–Trinajstić information content (AvgIpc) is 3.14. The van der Waals surface area contributed by atoms with Crippen molar-refractivity contribution in [1.29, 1.82) is 0 Å². The molecule has 5 aromatic rings. The Morgan fingerprint density at radius 2 is 1.84 bits per heavy atom. The van der Waals surface area contributed by atoms with E-state index in [2.05, 4.69) is 15.3 Å². The number of anilines is 1. The van der Waals surface area contributed by atoms with E-state index in [0.29, 0.717) is 32.9 Å². The summed E-state index contributed by atoms with van der Waals surface area (Å²) in [6.45, 7) is 2.23. The van der Waals surface area contributed by atoms with E-state index >= 15 is 0 Å². The summed E-state index contributed by atoms with van der Waals surface area (Å²) in [5.74, 6) is -0.271. The van der Waals surface area contributed by atoms with Crippen LogP contribution in [0.15, 0.2) is 78.0 Å². The Kier molecular flexibility index (Phi) is 4.80. The average molecular weight is 427 g/mol. The Morgan fingerprint density at radius 1 is 1.03 bits per heavy atom. The summed E-state index contributed by atoms with van der Waals surface area (Å²) in [4.78, 5) is 36.1. The van der Waals surface area contributed by atoms with E-state index in [1.54, 1.807) is 24.0 Å². The van der Waals surface area contributed by atoms with Gasteiger partial charge in [-0.15, -0.1) is 11.3 Å². The van der Waals surface area contributed by atoms with Crippen LogP contribution in [0.25, 0.3) is 21.1 Å². The third-order valence-corrected chi connectivity index (χ3v) is 6.40. The van der Waals surface area contributed by atoms with Crippen molar-refractivity contribution in [3.8, 4) is 0 Å². The normalized spacial score (nSPS) is 11.1. The fourth-order valence-corrected chi connectivity index (χ4v) is 4.69. The summed E-state index contributed by atoms with van der Waals surface area (Å²) in [5.41, 5.74) is 2.87. The van der Waals surface area contributed by atoms with Crippen molar-refractivity contribution in [2.45, 2.75) is 13.5 Å². The van der Waals surface area contributed by atoms with E-state index in [0.717, 1.165) is 16.5 Å². The number of thiophene rings is 1. The van der Waals surface area contributed by atoms with Gasteiger partial charge in [-0.3, -0.25) is 19.1 Å². The van der Waals surface area contributed by atoms with Gasteiger partial charge in [0.15, 0.2) is 0 Å². The lowest BCUT2D eigenvalue weighted by molar-refractivity contribution is 0.103. The predicted molar refractivity (Wildman–Crippen MR) is 124 cm³/mol. The van der Waals surface area contributed by atoms with Crippen LogP contribution in [0.2, 0.25) is 0 Å². The molecule has 7 heteroatoms. The van der Waals surface area contributed by atoms with Crippen molar-refractivity contribution in [3.63, 3.8) is 0 Å². The number of carbonyl (C=O) groups excluding carboxylic acids is 1. The lowest BCUT2D eigenvalue weighted by atomic mass is 10.1. The molecular formula is C24H18N4O2S. The first kappa shape index (κ1) is 19.1. The highest BCUT2D eigenvalue weighted by atomic mass is 32.1. The molecule has 0 spiro atoms. The number of para-hydroxylation sites is 1. The van der Waals surface area contributed by atoms with Crippen molar-refractivity contribution in [3.05, 3.63) is 99.5 Å². The molecule has 0 unspecified atom stereocenters. The Morgan fingerprint density at radius 3 is 2.68 bits per heavy atom. The van der Waals surface area contributed by atoms with Crippen LogP contribution in [0, 0.1) is 6.92 Å². The van der Waals surface area contributed by atoms with Crippen molar-refractivity contribution in [2.24, 2.45) is 0 Å². The second-order valence-electron chi connectivity index (χ2n) is 7.23. The maximum Gasteiger partial charge on any atom is 0.266 e. The van der Waals surface area contributed by atoms with Crippen molar-refractivity contribution < 1.29 is 4.79 Å². The van der Waals surface area contributed by atoms with Gasteiger partial charge in [0.25, 0.3) is 11.5 Å². The molecule has 6 nitrogen and oxygen atoms in total. The lowest BCUT2D eigenvalue weighted by Gasteiger charge is -2.07. The summed E-state index contributed by atoms with van der Waals surface area (Å²) < 4.78 is 1.58. The van der Waals surface area contributed by atoms with Crippen LogP contribution in [0.5, 0.6) is 0 Å². The minimum absolute atomic E-state index is 0.145. The first-order valence-corrected chi connectivity index (χ1v) is 10.6. The summed E-state index contributed by atoms with van der Waals surface area (Å²) in [7, 11) is 0. The van der Waals surface area contributed by atoms with Gasteiger partial charge in [-0.1, -0.05) is 48.5 Å². The SMILES string of the molecule is Cc1c(C(=O)Nc2cccc3cccnc23)sc2ncn(Cc3ccccc3)c(=O)c12. The van der Waals surface area contributed by atoms with E-state index in [4.69, 9.17) is 0 Å². The highest BCUT2D eigenvalue weighted by Gasteiger charge is 2.20. The third-order valence-electron chi connectivity index (χ3n) is 5.20. The molecule has 0 radical (unpaired) electrons. The minimum atomic E-state index is -0.271. The smallest absolute Gasteiger partial charge is 0.266 e. The Labute approximate surface area is 181 Å². The quantitative estimate of drug-likeness (QED) is 0.455. The van der Waals surface area contributed by atoms with Gasteiger partial charge >= 0.3 is 0 Å². The zero-order valence-corrected chi connectivity index (χ0v) is 17.5. The van der Waals surface area contributed by atoms with Crippen LogP contribution in [-0.2, 0) is 6.54 Å². The molecule has 0 aliphatic heterocycles. The van der Waals surface area contributed by atoms with E-state index in [1.165, 1.54) is 11.3 Å². The minimum Gasteiger partial charge on any atom is -0.319 e. The zero-order valence-electron chi connectivity index (χ0n) is 16.7. The summed E-state index contributed by atoms with van der Waals surface area (Å²) in [5, 5.41) is 4.38. The van der Waals surface area contributed by atoms with Crippen LogP contribution in [0.4, 0.5) is 5.69 Å². The predicted octanol–water partition coefficient (Wildman–Crippen LogP) is 4.62. The second kappa shape index (κ2) is 7.77. The van der Waals surface area contributed by atoms with Crippen LogP contribution in [0.1, 0.15) is 20.8 Å². The number of rotatable bonds is 4. The summed E-state index contributed by atoms with van der Waals surface area (Å²) in [6, 6.07) is 19.2. The van der Waals surface area contributed by atoms with E-state index < -0.39 is 0 Å². The number of benzene rings is 2. The Balaban J connectivity index is 1.51. The number of carbonyl (C=O) groups is 1. The molecule has 3 aromatic heterocycles. The monoisotopic (exact) mass is 426 g/mol. The fourth-order valence-electron chi connectivity index (χ4n) is 3.65. The van der Waals surface area contributed by atoms with Gasteiger partial charge in [-0.25, -0.2) is 4.98 Å². The van der Waals surface area contributed by atoms with Gasteiger partial charge in [0.05, 0.1) is 34.3 Å².